The van der Waals surface area contributed by atoms with Gasteiger partial charge in [-0.1, -0.05) is 0 Å². The molecule has 0 radical (unpaired) electrons. The van der Waals surface area contributed by atoms with E-state index in [2.05, 4.69) is 125 Å². The molecule has 0 fully saturated rings. The van der Waals surface area contributed by atoms with Crippen LogP contribution in [-0.2, 0) is 13.3 Å². The summed E-state index contributed by atoms with van der Waals surface area (Å²) in [5.74, 6) is 0. The van der Waals surface area contributed by atoms with E-state index in [0.29, 0.717) is 0 Å². The first-order valence-corrected chi connectivity index (χ1v) is 25.7. The first kappa shape index (κ1) is 41.2. The summed E-state index contributed by atoms with van der Waals surface area (Å²) in [4.78, 5) is 0. The van der Waals surface area contributed by atoms with Crippen LogP contribution in [0, 0.1) is 16.2 Å². The Hall–Kier alpha value is 1.23. The van der Waals surface area contributed by atoms with Crippen molar-refractivity contribution in [1.29, 1.82) is 0 Å². The standard InChI is InChI=1S/C33H78BO3P3/c1-19-38(20-2,21-3,28-31(10,11)12)35-34(36-39(22-4,23-5,24-6)29-32(13,14)15)37-40(25-7,26-8,27-9)30-33(16,17)18/h19-30H2,1-18H3. The van der Waals surface area contributed by atoms with E-state index in [1.54, 1.807) is 0 Å². The van der Waals surface area contributed by atoms with Gasteiger partial charge in [-0.25, -0.2) is 0 Å². The molecule has 0 aromatic rings. The summed E-state index contributed by atoms with van der Waals surface area (Å²) in [6, 6.07) is 0. The SMILES string of the molecule is CCP(CC)(CC)(CC(C)(C)C)OB(OP(CC)(CC)(CC)CC(C)(C)C)OP(CC)(CC)(CC)CC(C)(C)C. The molecule has 0 atom stereocenters. The maximum absolute atomic E-state index is 7.80. The molecule has 0 amide bonds. The van der Waals surface area contributed by atoms with Crippen molar-refractivity contribution < 1.29 is 13.3 Å². The van der Waals surface area contributed by atoms with Crippen LogP contribution in [0.15, 0.2) is 0 Å². The third kappa shape index (κ3) is 9.87. The van der Waals surface area contributed by atoms with Crippen LogP contribution in [0.2, 0.25) is 0 Å². The zero-order valence-electron chi connectivity index (χ0n) is 31.1. The zero-order chi connectivity index (χ0) is 32.0. The predicted octanol–water partition coefficient (Wildman–Crippen LogP) is 11.7. The van der Waals surface area contributed by atoms with Crippen molar-refractivity contribution in [3.8, 4) is 0 Å². The fourth-order valence-electron chi connectivity index (χ4n) is 8.19. The average Bonchev–Trinajstić information content (AvgIpc) is 2.85. The van der Waals surface area contributed by atoms with Crippen molar-refractivity contribution in [3.63, 3.8) is 0 Å². The molecule has 0 aliphatic rings. The van der Waals surface area contributed by atoms with Crippen molar-refractivity contribution in [2.45, 2.75) is 125 Å². The Morgan fingerprint density at radius 3 is 0.600 bits per heavy atom. The molecule has 0 aromatic carbocycles. The number of hydrogen-bond donors (Lipinski definition) is 0. The predicted molar refractivity (Wildman–Crippen MR) is 198 cm³/mol. The van der Waals surface area contributed by atoms with Gasteiger partial charge in [0.15, 0.2) is 0 Å². The second-order valence-electron chi connectivity index (χ2n) is 17.2. The van der Waals surface area contributed by atoms with Crippen LogP contribution in [-0.4, -0.2) is 81.3 Å². The van der Waals surface area contributed by atoms with E-state index in [4.69, 9.17) is 13.3 Å². The Morgan fingerprint density at radius 1 is 0.350 bits per heavy atom. The first-order chi connectivity index (χ1) is 17.9. The van der Waals surface area contributed by atoms with Crippen LogP contribution in [0.1, 0.15) is 125 Å². The van der Waals surface area contributed by atoms with E-state index in [-0.39, 0.29) is 16.2 Å². The van der Waals surface area contributed by atoms with E-state index in [9.17, 15) is 0 Å². The molecular weight excluding hydrogens is 548 g/mol. The fourth-order valence-corrected chi connectivity index (χ4v) is 24.9. The number of rotatable bonds is 18. The molecule has 0 saturated heterocycles. The average molecular weight is 627 g/mol. The van der Waals surface area contributed by atoms with Gasteiger partial charge in [0.05, 0.1) is 0 Å². The van der Waals surface area contributed by atoms with Gasteiger partial charge in [0.2, 0.25) is 0 Å². The summed E-state index contributed by atoms with van der Waals surface area (Å²) in [6.45, 7) is 35.1. The molecule has 0 saturated carbocycles. The quantitative estimate of drug-likeness (QED) is 0.112. The van der Waals surface area contributed by atoms with Gasteiger partial charge in [-0.2, -0.15) is 0 Å². The van der Waals surface area contributed by atoms with Gasteiger partial charge in [0, 0.05) is 0 Å². The monoisotopic (exact) mass is 627 g/mol. The van der Waals surface area contributed by atoms with Crippen LogP contribution in [0.4, 0.5) is 0 Å². The van der Waals surface area contributed by atoms with E-state index in [1.165, 1.54) is 0 Å². The summed E-state index contributed by atoms with van der Waals surface area (Å²) in [5.41, 5.74) is 0.538. The molecule has 246 valence electrons. The Balaban J connectivity index is 7.62. The van der Waals surface area contributed by atoms with E-state index < -0.39 is 27.8 Å². The van der Waals surface area contributed by atoms with Gasteiger partial charge >= 0.3 is 256 Å². The summed E-state index contributed by atoms with van der Waals surface area (Å²) in [7, 11) is -0.584. The van der Waals surface area contributed by atoms with Gasteiger partial charge in [-0.05, 0) is 0 Å². The molecule has 0 aliphatic heterocycles. The number of hydrogen-bond acceptors (Lipinski definition) is 3. The molecule has 0 aromatic heterocycles. The minimum absolute atomic E-state index is 0.179. The summed E-state index contributed by atoms with van der Waals surface area (Å²) < 4.78 is 23.4. The van der Waals surface area contributed by atoms with Crippen molar-refractivity contribution in [2.24, 2.45) is 16.2 Å². The van der Waals surface area contributed by atoms with Crippen LogP contribution in [0.5, 0.6) is 0 Å². The van der Waals surface area contributed by atoms with Gasteiger partial charge in [0.1, 0.15) is 0 Å². The Bertz CT molecular complexity index is 645. The van der Waals surface area contributed by atoms with Crippen molar-refractivity contribution >= 4 is 27.8 Å². The molecule has 3 nitrogen and oxygen atoms in total. The molecule has 0 bridgehead atoms. The Labute approximate surface area is 255 Å². The van der Waals surface area contributed by atoms with Crippen LogP contribution >= 0.6 is 20.5 Å². The van der Waals surface area contributed by atoms with E-state index in [1.807, 2.05) is 0 Å². The van der Waals surface area contributed by atoms with Crippen molar-refractivity contribution in [3.05, 3.63) is 0 Å². The minimum atomic E-state index is -2.64. The molecule has 0 aliphatic carbocycles. The second-order valence-corrected chi connectivity index (χ2v) is 35.6. The first-order valence-electron chi connectivity index (χ1n) is 17.0. The molecule has 0 rings (SSSR count). The van der Waals surface area contributed by atoms with Crippen LogP contribution in [0.3, 0.4) is 0 Å². The molecule has 0 unspecified atom stereocenters. The topological polar surface area (TPSA) is 27.7 Å². The summed E-state index contributed by atoms with van der Waals surface area (Å²) in [5, 5.41) is 0. The molecule has 0 spiro atoms. The van der Waals surface area contributed by atoms with Gasteiger partial charge in [0.25, 0.3) is 0 Å². The molecule has 0 heterocycles. The second kappa shape index (κ2) is 13.7. The molecule has 7 heteroatoms. The molecule has 40 heavy (non-hydrogen) atoms. The van der Waals surface area contributed by atoms with Crippen molar-refractivity contribution in [2.75, 3.05) is 73.9 Å². The van der Waals surface area contributed by atoms with E-state index in [0.717, 1.165) is 73.9 Å². The van der Waals surface area contributed by atoms with Gasteiger partial charge in [-0.15, -0.1) is 0 Å². The Kier molecular flexibility index (Phi) is 14.1. The maximum atomic E-state index is 7.80. The summed E-state index contributed by atoms with van der Waals surface area (Å²) in [6.07, 6.45) is 13.1. The molecule has 0 N–H and O–H groups in total. The molecular formula is C33H78BO3P3. The van der Waals surface area contributed by atoms with Crippen LogP contribution in [0.25, 0.3) is 0 Å². The summed E-state index contributed by atoms with van der Waals surface area (Å²) >= 11 is 0. The van der Waals surface area contributed by atoms with Gasteiger partial charge < -0.3 is 0 Å². The third-order valence-electron chi connectivity index (χ3n) is 11.0. The third-order valence-corrected chi connectivity index (χ3v) is 32.9. The van der Waals surface area contributed by atoms with Gasteiger partial charge in [-0.3, -0.25) is 0 Å². The van der Waals surface area contributed by atoms with Crippen LogP contribution < -0.4 is 0 Å². The van der Waals surface area contributed by atoms with Crippen molar-refractivity contribution in [1.82, 2.24) is 0 Å². The Morgan fingerprint density at radius 2 is 0.500 bits per heavy atom. The fraction of sp³-hybridized carbons (Fsp3) is 1.00. The van der Waals surface area contributed by atoms with E-state index >= 15 is 0 Å². The normalized spacial score (nSPS) is 17.4. The zero-order valence-corrected chi connectivity index (χ0v) is 33.8.